The number of β-amino-alcohol motifs (C(OH)–C–C–N with tert-alkyl or cyclic N) is 1. The molecule has 4 heteroatoms. The lowest BCUT2D eigenvalue weighted by atomic mass is 10.0. The minimum absolute atomic E-state index is 0.492. The van der Waals surface area contributed by atoms with E-state index in [1.807, 2.05) is 13.0 Å². The fraction of sp³-hybridized carbons (Fsp3) is 0.625. The van der Waals surface area contributed by atoms with Crippen molar-refractivity contribution in [3.8, 4) is 5.75 Å². The summed E-state index contributed by atoms with van der Waals surface area (Å²) in [5.74, 6) is 0.818. The molecule has 4 nitrogen and oxygen atoms in total. The standard InChI is InChI=1S/C16H26N2O2/c1-4-20-16-10-13(3)12(2)9-14(16)15(19)11-18-7-5-17-6-8-18/h9-10,15,17,19H,4-8,11H2,1-3H3. The Bertz CT molecular complexity index is 442. The average Bonchev–Trinajstić information content (AvgIpc) is 2.44. The van der Waals surface area contributed by atoms with Crippen molar-refractivity contribution in [2.24, 2.45) is 0 Å². The predicted octanol–water partition coefficient (Wildman–Crippen LogP) is 1.64. The Hall–Kier alpha value is -1.10. The van der Waals surface area contributed by atoms with Crippen LogP contribution < -0.4 is 10.1 Å². The molecule has 112 valence electrons. The summed E-state index contributed by atoms with van der Waals surface area (Å²) in [7, 11) is 0. The molecule has 1 unspecified atom stereocenters. The molecule has 0 spiro atoms. The number of ether oxygens (including phenoxy) is 1. The number of nitrogens with one attached hydrogen (secondary N) is 1. The molecule has 0 radical (unpaired) electrons. The minimum atomic E-state index is -0.492. The third-order valence-electron chi connectivity index (χ3n) is 3.93. The first-order valence-corrected chi connectivity index (χ1v) is 7.47. The van der Waals surface area contributed by atoms with E-state index in [2.05, 4.69) is 30.1 Å². The SMILES string of the molecule is CCOc1cc(C)c(C)cc1C(O)CN1CCNCC1. The van der Waals surface area contributed by atoms with Crippen LogP contribution in [0.1, 0.15) is 29.7 Å². The second-order valence-corrected chi connectivity index (χ2v) is 5.47. The third kappa shape index (κ3) is 3.72. The van der Waals surface area contributed by atoms with Crippen molar-refractivity contribution in [2.45, 2.75) is 26.9 Å². The number of piperazine rings is 1. The van der Waals surface area contributed by atoms with Gasteiger partial charge in [0, 0.05) is 38.3 Å². The minimum Gasteiger partial charge on any atom is -0.493 e. The topological polar surface area (TPSA) is 44.7 Å². The van der Waals surface area contributed by atoms with Crippen LogP contribution in [-0.4, -0.2) is 49.3 Å². The summed E-state index contributed by atoms with van der Waals surface area (Å²) < 4.78 is 5.69. The van der Waals surface area contributed by atoms with Crippen molar-refractivity contribution in [1.82, 2.24) is 10.2 Å². The maximum Gasteiger partial charge on any atom is 0.125 e. The van der Waals surface area contributed by atoms with Crippen molar-refractivity contribution in [1.29, 1.82) is 0 Å². The maximum absolute atomic E-state index is 10.6. The van der Waals surface area contributed by atoms with Crippen LogP contribution in [0.4, 0.5) is 0 Å². The fourth-order valence-electron chi connectivity index (χ4n) is 2.59. The largest absolute Gasteiger partial charge is 0.493 e. The Kier molecular flexibility index (Phi) is 5.40. The van der Waals surface area contributed by atoms with Gasteiger partial charge < -0.3 is 15.2 Å². The van der Waals surface area contributed by atoms with Crippen molar-refractivity contribution < 1.29 is 9.84 Å². The summed E-state index contributed by atoms with van der Waals surface area (Å²) in [5.41, 5.74) is 3.31. The summed E-state index contributed by atoms with van der Waals surface area (Å²) in [6.07, 6.45) is -0.492. The van der Waals surface area contributed by atoms with E-state index < -0.39 is 6.10 Å². The molecular weight excluding hydrogens is 252 g/mol. The van der Waals surface area contributed by atoms with Crippen LogP contribution in [0, 0.1) is 13.8 Å². The fourth-order valence-corrected chi connectivity index (χ4v) is 2.59. The number of aryl methyl sites for hydroxylation is 2. The van der Waals surface area contributed by atoms with Crippen molar-refractivity contribution in [3.05, 3.63) is 28.8 Å². The van der Waals surface area contributed by atoms with Crippen LogP contribution in [0.5, 0.6) is 5.75 Å². The summed E-state index contributed by atoms with van der Waals surface area (Å²) in [5, 5.41) is 13.9. The lowest BCUT2D eigenvalue weighted by Crippen LogP contribution is -2.45. The van der Waals surface area contributed by atoms with Gasteiger partial charge in [0.25, 0.3) is 0 Å². The van der Waals surface area contributed by atoms with E-state index in [0.717, 1.165) is 37.5 Å². The van der Waals surface area contributed by atoms with Gasteiger partial charge in [-0.15, -0.1) is 0 Å². The Morgan fingerprint density at radius 1 is 1.25 bits per heavy atom. The number of benzene rings is 1. The molecule has 1 heterocycles. The number of aliphatic hydroxyl groups excluding tert-OH is 1. The van der Waals surface area contributed by atoms with E-state index in [0.29, 0.717) is 13.2 Å². The van der Waals surface area contributed by atoms with Crippen LogP contribution in [0.15, 0.2) is 12.1 Å². The molecule has 1 saturated heterocycles. The molecule has 2 rings (SSSR count). The van der Waals surface area contributed by atoms with Gasteiger partial charge in [0.15, 0.2) is 0 Å². The first-order chi connectivity index (χ1) is 9.61. The van der Waals surface area contributed by atoms with Crippen LogP contribution in [-0.2, 0) is 0 Å². The third-order valence-corrected chi connectivity index (χ3v) is 3.93. The molecule has 0 bridgehead atoms. The molecule has 1 fully saturated rings. The number of hydrogen-bond acceptors (Lipinski definition) is 4. The molecule has 1 aromatic carbocycles. The van der Waals surface area contributed by atoms with Crippen molar-refractivity contribution in [3.63, 3.8) is 0 Å². The number of nitrogens with zero attached hydrogens (tertiary/aromatic N) is 1. The van der Waals surface area contributed by atoms with Crippen LogP contribution in [0.2, 0.25) is 0 Å². The second-order valence-electron chi connectivity index (χ2n) is 5.47. The Morgan fingerprint density at radius 3 is 2.55 bits per heavy atom. The van der Waals surface area contributed by atoms with Gasteiger partial charge in [-0.1, -0.05) is 0 Å². The maximum atomic E-state index is 10.6. The summed E-state index contributed by atoms with van der Waals surface area (Å²) in [6.45, 7) is 11.4. The molecule has 1 atom stereocenters. The first-order valence-electron chi connectivity index (χ1n) is 7.47. The lowest BCUT2D eigenvalue weighted by molar-refractivity contribution is 0.103. The van der Waals surface area contributed by atoms with E-state index in [1.54, 1.807) is 0 Å². The summed E-state index contributed by atoms with van der Waals surface area (Å²) in [6, 6.07) is 4.10. The highest BCUT2D eigenvalue weighted by Gasteiger charge is 2.19. The van der Waals surface area contributed by atoms with Crippen molar-refractivity contribution in [2.75, 3.05) is 39.3 Å². The highest BCUT2D eigenvalue weighted by molar-refractivity contribution is 5.43. The van der Waals surface area contributed by atoms with E-state index >= 15 is 0 Å². The Labute approximate surface area is 121 Å². The van der Waals surface area contributed by atoms with Gasteiger partial charge in [0.2, 0.25) is 0 Å². The van der Waals surface area contributed by atoms with E-state index in [1.165, 1.54) is 11.1 Å². The Morgan fingerprint density at radius 2 is 1.90 bits per heavy atom. The highest BCUT2D eigenvalue weighted by atomic mass is 16.5. The molecule has 2 N–H and O–H groups in total. The van der Waals surface area contributed by atoms with Crippen LogP contribution in [0.3, 0.4) is 0 Å². The smallest absolute Gasteiger partial charge is 0.125 e. The first kappa shape index (κ1) is 15.3. The molecule has 0 aliphatic carbocycles. The molecular formula is C16H26N2O2. The summed E-state index contributed by atoms with van der Waals surface area (Å²) in [4.78, 5) is 2.30. The molecule has 20 heavy (non-hydrogen) atoms. The van der Waals surface area contributed by atoms with Gasteiger partial charge in [0.1, 0.15) is 5.75 Å². The van der Waals surface area contributed by atoms with Gasteiger partial charge >= 0.3 is 0 Å². The van der Waals surface area contributed by atoms with Gasteiger partial charge in [-0.2, -0.15) is 0 Å². The quantitative estimate of drug-likeness (QED) is 0.859. The zero-order chi connectivity index (χ0) is 14.5. The van der Waals surface area contributed by atoms with Crippen LogP contribution >= 0.6 is 0 Å². The van der Waals surface area contributed by atoms with E-state index in [9.17, 15) is 5.11 Å². The number of rotatable bonds is 5. The number of hydrogen-bond donors (Lipinski definition) is 2. The molecule has 0 amide bonds. The lowest BCUT2D eigenvalue weighted by Gasteiger charge is -2.29. The van der Waals surface area contributed by atoms with Gasteiger partial charge in [-0.3, -0.25) is 4.90 Å². The van der Waals surface area contributed by atoms with E-state index in [4.69, 9.17) is 4.74 Å². The van der Waals surface area contributed by atoms with Gasteiger partial charge in [0.05, 0.1) is 12.7 Å². The van der Waals surface area contributed by atoms with E-state index in [-0.39, 0.29) is 0 Å². The second kappa shape index (κ2) is 7.07. The Balaban J connectivity index is 2.14. The van der Waals surface area contributed by atoms with Crippen molar-refractivity contribution >= 4 is 0 Å². The number of aliphatic hydroxyl groups is 1. The molecule has 1 aromatic rings. The van der Waals surface area contributed by atoms with Crippen LogP contribution in [0.25, 0.3) is 0 Å². The molecule has 1 aliphatic rings. The summed E-state index contributed by atoms with van der Waals surface area (Å²) >= 11 is 0. The van der Waals surface area contributed by atoms with Gasteiger partial charge in [-0.05, 0) is 44.0 Å². The molecule has 1 aliphatic heterocycles. The predicted molar refractivity (Wildman–Crippen MR) is 81.4 cm³/mol. The average molecular weight is 278 g/mol. The zero-order valence-corrected chi connectivity index (χ0v) is 12.8. The zero-order valence-electron chi connectivity index (χ0n) is 12.8. The van der Waals surface area contributed by atoms with Gasteiger partial charge in [-0.25, -0.2) is 0 Å². The molecule has 0 saturated carbocycles. The monoisotopic (exact) mass is 278 g/mol. The normalized spacial score (nSPS) is 18.0. The highest BCUT2D eigenvalue weighted by Crippen LogP contribution is 2.29. The molecule has 0 aromatic heterocycles.